The van der Waals surface area contributed by atoms with Gasteiger partial charge < -0.3 is 0 Å². The van der Waals surface area contributed by atoms with Crippen LogP contribution in [0.2, 0.25) is 0 Å². The maximum absolute atomic E-state index is 5.42. The van der Waals surface area contributed by atoms with Gasteiger partial charge in [0.05, 0.1) is 74.0 Å². The van der Waals surface area contributed by atoms with Crippen LogP contribution < -0.4 is 0 Å². The number of rotatable bonds is 4. The van der Waals surface area contributed by atoms with Crippen LogP contribution in [0, 0.1) is 0 Å². The lowest BCUT2D eigenvalue weighted by molar-refractivity contribution is 1.25. The summed E-state index contributed by atoms with van der Waals surface area (Å²) in [4.78, 5) is 39.7. The van der Waals surface area contributed by atoms with Crippen molar-refractivity contribution in [3.63, 3.8) is 0 Å². The molecule has 4 aromatic rings. The van der Waals surface area contributed by atoms with Crippen LogP contribution in [-0.2, 0) is 0 Å². The Bertz CT molecular complexity index is 2380. The highest BCUT2D eigenvalue weighted by molar-refractivity contribution is 6.50. The second kappa shape index (κ2) is 11.5. The quantitative estimate of drug-likeness (QED) is 0.241. The maximum Gasteiger partial charge on any atom is 0.0854 e. The number of fused-ring (bicyclic) bond motifs is 4. The van der Waals surface area contributed by atoms with Crippen molar-refractivity contribution in [2.45, 2.75) is 0 Å². The molecule has 9 rings (SSSR count). The summed E-state index contributed by atoms with van der Waals surface area (Å²) in [7, 11) is 0. The van der Waals surface area contributed by atoms with Crippen LogP contribution >= 0.6 is 0 Å². The van der Waals surface area contributed by atoms with Gasteiger partial charge in [-0.2, -0.15) is 0 Å². The topological polar surface area (TPSA) is 101 Å². The lowest BCUT2D eigenvalue weighted by Gasteiger charge is -2.15. The molecule has 5 aliphatic heterocycles. The summed E-state index contributed by atoms with van der Waals surface area (Å²) in [5.41, 5.74) is 12.3. The fraction of sp³-hybridized carbons (Fsp3) is 0. The molecule has 0 saturated carbocycles. The van der Waals surface area contributed by atoms with E-state index in [1.807, 2.05) is 115 Å². The number of hydrogen-bond acceptors (Lipinski definition) is 8. The summed E-state index contributed by atoms with van der Waals surface area (Å²) in [6.45, 7) is 0. The third-order valence-corrected chi connectivity index (χ3v) is 8.18. The molecule has 48 heavy (non-hydrogen) atoms. The molecular formula is C40H24N8. The first-order valence-electron chi connectivity index (χ1n) is 15.5. The van der Waals surface area contributed by atoms with E-state index in [0.717, 1.165) is 67.9 Å². The molecule has 0 saturated heterocycles. The van der Waals surface area contributed by atoms with Gasteiger partial charge in [0.1, 0.15) is 0 Å². The molecule has 0 atom stereocenters. The highest BCUT2D eigenvalue weighted by atomic mass is 14.9. The van der Waals surface area contributed by atoms with E-state index in [1.54, 1.807) is 24.8 Å². The van der Waals surface area contributed by atoms with E-state index >= 15 is 0 Å². The Kier molecular flexibility index (Phi) is 6.61. The fourth-order valence-corrected chi connectivity index (χ4v) is 6.13. The summed E-state index contributed by atoms with van der Waals surface area (Å²) in [6.07, 6.45) is 23.1. The Hall–Kier alpha value is -6.80. The van der Waals surface area contributed by atoms with E-state index < -0.39 is 0 Å². The minimum absolute atomic E-state index is 0.681. The Morgan fingerprint density at radius 1 is 0.375 bits per heavy atom. The van der Waals surface area contributed by atoms with Crippen LogP contribution in [0.5, 0.6) is 0 Å². The van der Waals surface area contributed by atoms with Crippen molar-refractivity contribution in [2.75, 3.05) is 0 Å². The number of aromatic nitrogens is 4. The normalized spacial score (nSPS) is 17.8. The SMILES string of the molecule is C1=CC2=NC1=CC1=NC(=C(c3ccccn3)C3=NC(=CC4=NC(=C2)C=C4)C=C3c2ccccn2)C(c2ccccn2)=C1c1ccccn1. The summed E-state index contributed by atoms with van der Waals surface area (Å²) in [5, 5.41) is 0. The molecule has 0 unspecified atom stereocenters. The van der Waals surface area contributed by atoms with Crippen molar-refractivity contribution in [2.24, 2.45) is 20.0 Å². The number of aliphatic imine (C=N–C) groups is 4. The van der Waals surface area contributed by atoms with Crippen molar-refractivity contribution in [1.82, 2.24) is 19.9 Å². The molecule has 0 amide bonds. The number of nitrogens with zero attached hydrogens (tertiary/aromatic N) is 8. The van der Waals surface area contributed by atoms with Gasteiger partial charge in [0.2, 0.25) is 0 Å². The van der Waals surface area contributed by atoms with E-state index in [4.69, 9.17) is 39.9 Å². The average molecular weight is 617 g/mol. The van der Waals surface area contributed by atoms with Crippen LogP contribution in [0.15, 0.2) is 189 Å². The van der Waals surface area contributed by atoms with E-state index in [-0.39, 0.29) is 0 Å². The summed E-state index contributed by atoms with van der Waals surface area (Å²) >= 11 is 0. The number of pyridine rings is 4. The van der Waals surface area contributed by atoms with Gasteiger partial charge in [-0.25, -0.2) is 20.0 Å². The molecule has 0 spiro atoms. The predicted molar refractivity (Wildman–Crippen MR) is 191 cm³/mol. The first-order chi connectivity index (χ1) is 23.8. The van der Waals surface area contributed by atoms with Gasteiger partial charge in [0.15, 0.2) is 0 Å². The molecule has 9 heterocycles. The Labute approximate surface area is 276 Å². The predicted octanol–water partition coefficient (Wildman–Crippen LogP) is 7.27. The van der Waals surface area contributed by atoms with Crippen LogP contribution in [-0.4, -0.2) is 42.8 Å². The molecule has 8 nitrogen and oxygen atoms in total. The summed E-state index contributed by atoms with van der Waals surface area (Å²) in [6, 6.07) is 23.5. The molecule has 224 valence electrons. The summed E-state index contributed by atoms with van der Waals surface area (Å²) in [5.74, 6) is 0. The molecule has 8 heteroatoms. The molecule has 8 bridgehead atoms. The Morgan fingerprint density at radius 2 is 0.896 bits per heavy atom. The standard InChI is InChI=1S/C40H24N8/c1-5-17-41-31(9-1)30-23-29-22-27-14-13-25(45-27)21-26-15-16-28(46-26)24-35-36(32-10-2-6-18-42-32)37(33-11-3-7-19-43-33)40(48-35)38(39(30)47-29)34-12-4-8-20-44-34/h1-24H. The van der Waals surface area contributed by atoms with E-state index in [0.29, 0.717) is 22.8 Å². The minimum atomic E-state index is 0.681. The molecule has 0 aliphatic carbocycles. The lowest BCUT2D eigenvalue weighted by Crippen LogP contribution is -2.09. The van der Waals surface area contributed by atoms with Crippen molar-refractivity contribution >= 4 is 45.1 Å². The minimum Gasteiger partial charge on any atom is -0.256 e. The van der Waals surface area contributed by atoms with E-state index in [9.17, 15) is 0 Å². The third-order valence-electron chi connectivity index (χ3n) is 8.18. The fourth-order valence-electron chi connectivity index (χ4n) is 6.13. The molecule has 0 N–H and O–H groups in total. The Morgan fingerprint density at radius 3 is 1.48 bits per heavy atom. The number of allylic oxidation sites excluding steroid dienone is 12. The first kappa shape index (κ1) is 27.5. The average Bonchev–Trinajstić information content (AvgIpc) is 3.94. The highest BCUT2D eigenvalue weighted by Crippen LogP contribution is 2.45. The van der Waals surface area contributed by atoms with Gasteiger partial charge in [0.25, 0.3) is 0 Å². The molecule has 0 aromatic carbocycles. The van der Waals surface area contributed by atoms with Gasteiger partial charge in [-0.15, -0.1) is 0 Å². The zero-order chi connectivity index (χ0) is 31.9. The van der Waals surface area contributed by atoms with Crippen molar-refractivity contribution in [3.05, 3.63) is 192 Å². The summed E-state index contributed by atoms with van der Waals surface area (Å²) < 4.78 is 0. The van der Waals surface area contributed by atoms with Crippen LogP contribution in [0.25, 0.3) is 22.3 Å². The highest BCUT2D eigenvalue weighted by Gasteiger charge is 2.34. The Balaban J connectivity index is 1.43. The zero-order valence-electron chi connectivity index (χ0n) is 25.4. The monoisotopic (exact) mass is 616 g/mol. The third kappa shape index (κ3) is 4.98. The van der Waals surface area contributed by atoms with Gasteiger partial charge in [0, 0.05) is 41.5 Å². The number of hydrogen-bond donors (Lipinski definition) is 0. The second-order valence-electron chi connectivity index (χ2n) is 11.3. The lowest BCUT2D eigenvalue weighted by atomic mass is 9.90. The second-order valence-corrected chi connectivity index (χ2v) is 11.3. The van der Waals surface area contributed by atoms with Crippen molar-refractivity contribution < 1.29 is 0 Å². The molecule has 5 aliphatic rings. The van der Waals surface area contributed by atoms with E-state index in [1.165, 1.54) is 0 Å². The molecule has 4 aromatic heterocycles. The van der Waals surface area contributed by atoms with Gasteiger partial charge >= 0.3 is 0 Å². The largest absolute Gasteiger partial charge is 0.256 e. The maximum atomic E-state index is 5.42. The zero-order valence-corrected chi connectivity index (χ0v) is 25.4. The van der Waals surface area contributed by atoms with Gasteiger partial charge in [-0.3, -0.25) is 19.9 Å². The smallest absolute Gasteiger partial charge is 0.0854 e. The van der Waals surface area contributed by atoms with Gasteiger partial charge in [-0.1, -0.05) is 24.3 Å². The van der Waals surface area contributed by atoms with Crippen LogP contribution in [0.3, 0.4) is 0 Å². The molecular weight excluding hydrogens is 592 g/mol. The molecule has 0 radical (unpaired) electrons. The van der Waals surface area contributed by atoms with Crippen molar-refractivity contribution in [3.8, 4) is 0 Å². The van der Waals surface area contributed by atoms with Gasteiger partial charge in [-0.05, 0) is 97.1 Å². The van der Waals surface area contributed by atoms with Crippen LogP contribution in [0.4, 0.5) is 0 Å². The van der Waals surface area contributed by atoms with Crippen LogP contribution in [0.1, 0.15) is 22.8 Å². The van der Waals surface area contributed by atoms with Crippen molar-refractivity contribution in [1.29, 1.82) is 0 Å². The van der Waals surface area contributed by atoms with E-state index in [2.05, 4.69) is 6.08 Å². The molecule has 0 fully saturated rings. The first-order valence-corrected chi connectivity index (χ1v) is 15.5.